The predicted molar refractivity (Wildman–Crippen MR) is 73.7 cm³/mol. The summed E-state index contributed by atoms with van der Waals surface area (Å²) >= 11 is 0. The summed E-state index contributed by atoms with van der Waals surface area (Å²) in [6.45, 7) is 4.03. The van der Waals surface area contributed by atoms with Crippen LogP contribution in [0.4, 0.5) is 0 Å². The van der Waals surface area contributed by atoms with Crippen LogP contribution in [0.2, 0.25) is 0 Å². The molecule has 108 valence electrons. The third kappa shape index (κ3) is 3.05. The standard InChI is InChI=1S/C13H19N5O2/c1-8(14-9(2)13-15-17-18-16-13)11-7-10(19-3)5-6-12(11)20-4/h5-9,14H,1-4H3,(H,15,16,17,18). The molecule has 2 unspecified atom stereocenters. The summed E-state index contributed by atoms with van der Waals surface area (Å²) in [6, 6.07) is 5.75. The van der Waals surface area contributed by atoms with Gasteiger partial charge in [0.25, 0.3) is 0 Å². The zero-order valence-corrected chi connectivity index (χ0v) is 12.0. The second-order valence-electron chi connectivity index (χ2n) is 4.49. The summed E-state index contributed by atoms with van der Waals surface area (Å²) in [4.78, 5) is 0. The Bertz CT molecular complexity index is 544. The first-order valence-corrected chi connectivity index (χ1v) is 6.37. The Morgan fingerprint density at radius 2 is 1.95 bits per heavy atom. The van der Waals surface area contributed by atoms with Crippen molar-refractivity contribution >= 4 is 0 Å². The van der Waals surface area contributed by atoms with Gasteiger partial charge < -0.3 is 14.8 Å². The maximum absolute atomic E-state index is 5.39. The molecule has 0 aliphatic rings. The molecule has 2 N–H and O–H groups in total. The van der Waals surface area contributed by atoms with Gasteiger partial charge >= 0.3 is 0 Å². The van der Waals surface area contributed by atoms with Gasteiger partial charge in [0.05, 0.1) is 20.3 Å². The Kier molecular flexibility index (Phi) is 4.52. The Morgan fingerprint density at radius 3 is 2.55 bits per heavy atom. The van der Waals surface area contributed by atoms with E-state index >= 15 is 0 Å². The highest BCUT2D eigenvalue weighted by atomic mass is 16.5. The van der Waals surface area contributed by atoms with Crippen LogP contribution in [0.15, 0.2) is 18.2 Å². The lowest BCUT2D eigenvalue weighted by atomic mass is 10.1. The summed E-state index contributed by atoms with van der Waals surface area (Å²) in [5, 5.41) is 17.4. The minimum absolute atomic E-state index is 0.0281. The molecular formula is C13H19N5O2. The average Bonchev–Trinajstić information content (AvgIpc) is 3.00. The summed E-state index contributed by atoms with van der Waals surface area (Å²) in [5.74, 6) is 2.23. The smallest absolute Gasteiger partial charge is 0.191 e. The second-order valence-corrected chi connectivity index (χ2v) is 4.49. The molecule has 0 aliphatic carbocycles. The van der Waals surface area contributed by atoms with E-state index in [1.165, 1.54) is 0 Å². The number of aromatic amines is 1. The third-order valence-electron chi connectivity index (χ3n) is 3.15. The van der Waals surface area contributed by atoms with Crippen LogP contribution in [-0.4, -0.2) is 34.8 Å². The number of hydrogen-bond acceptors (Lipinski definition) is 6. The molecule has 7 nitrogen and oxygen atoms in total. The van der Waals surface area contributed by atoms with Gasteiger partial charge in [0, 0.05) is 11.6 Å². The van der Waals surface area contributed by atoms with Crippen molar-refractivity contribution in [2.45, 2.75) is 25.9 Å². The van der Waals surface area contributed by atoms with Crippen LogP contribution in [0.1, 0.15) is 37.3 Å². The molecule has 7 heteroatoms. The van der Waals surface area contributed by atoms with Crippen LogP contribution in [0.3, 0.4) is 0 Å². The van der Waals surface area contributed by atoms with E-state index in [-0.39, 0.29) is 12.1 Å². The van der Waals surface area contributed by atoms with Crippen LogP contribution in [0, 0.1) is 0 Å². The van der Waals surface area contributed by atoms with E-state index < -0.39 is 0 Å². The van der Waals surface area contributed by atoms with Crippen LogP contribution < -0.4 is 14.8 Å². The normalized spacial score (nSPS) is 13.8. The molecule has 0 amide bonds. The summed E-state index contributed by atoms with van der Waals surface area (Å²) in [5.41, 5.74) is 1.02. The zero-order chi connectivity index (χ0) is 14.5. The van der Waals surface area contributed by atoms with E-state index in [9.17, 15) is 0 Å². The molecule has 2 rings (SSSR count). The summed E-state index contributed by atoms with van der Waals surface area (Å²) in [6.07, 6.45) is 0. The Labute approximate surface area is 117 Å². The number of tetrazole rings is 1. The molecule has 2 atom stereocenters. The minimum Gasteiger partial charge on any atom is -0.497 e. The van der Waals surface area contributed by atoms with Crippen LogP contribution in [-0.2, 0) is 0 Å². The fourth-order valence-electron chi connectivity index (χ4n) is 2.07. The van der Waals surface area contributed by atoms with Crippen LogP contribution in [0.25, 0.3) is 0 Å². The largest absolute Gasteiger partial charge is 0.497 e. The number of rotatable bonds is 6. The number of benzene rings is 1. The topological polar surface area (TPSA) is 85.0 Å². The van der Waals surface area contributed by atoms with Gasteiger partial charge in [0.1, 0.15) is 11.5 Å². The molecule has 1 heterocycles. The Hall–Kier alpha value is -2.15. The Morgan fingerprint density at radius 1 is 1.15 bits per heavy atom. The van der Waals surface area contributed by atoms with Crippen LogP contribution >= 0.6 is 0 Å². The molecule has 20 heavy (non-hydrogen) atoms. The number of methoxy groups -OCH3 is 2. The molecule has 1 aromatic heterocycles. The van der Waals surface area contributed by atoms with Crippen molar-refractivity contribution in [3.63, 3.8) is 0 Å². The first kappa shape index (κ1) is 14.3. The predicted octanol–water partition coefficient (Wildman–Crippen LogP) is 1.63. The van der Waals surface area contributed by atoms with Gasteiger partial charge in [-0.15, -0.1) is 10.2 Å². The third-order valence-corrected chi connectivity index (χ3v) is 3.15. The number of nitrogens with zero attached hydrogens (tertiary/aromatic N) is 3. The van der Waals surface area contributed by atoms with Crippen molar-refractivity contribution < 1.29 is 9.47 Å². The molecule has 0 saturated heterocycles. The molecule has 0 saturated carbocycles. The van der Waals surface area contributed by atoms with Crippen molar-refractivity contribution in [3.05, 3.63) is 29.6 Å². The van der Waals surface area contributed by atoms with Crippen molar-refractivity contribution in [3.8, 4) is 11.5 Å². The van der Waals surface area contributed by atoms with Gasteiger partial charge in [-0.1, -0.05) is 5.21 Å². The highest BCUT2D eigenvalue weighted by Gasteiger charge is 2.17. The maximum atomic E-state index is 5.39. The van der Waals surface area contributed by atoms with E-state index in [0.717, 1.165) is 17.1 Å². The van der Waals surface area contributed by atoms with Crippen molar-refractivity contribution in [1.29, 1.82) is 0 Å². The first-order valence-electron chi connectivity index (χ1n) is 6.37. The van der Waals surface area contributed by atoms with E-state index in [1.807, 2.05) is 32.0 Å². The molecule has 0 aliphatic heterocycles. The monoisotopic (exact) mass is 277 g/mol. The number of hydrogen-bond donors (Lipinski definition) is 2. The van der Waals surface area contributed by atoms with Gasteiger partial charge in [-0.25, -0.2) is 0 Å². The van der Waals surface area contributed by atoms with Crippen LogP contribution in [0.5, 0.6) is 11.5 Å². The van der Waals surface area contributed by atoms with E-state index in [0.29, 0.717) is 5.82 Å². The quantitative estimate of drug-likeness (QED) is 0.834. The highest BCUT2D eigenvalue weighted by molar-refractivity contribution is 5.42. The second kappa shape index (κ2) is 6.33. The lowest BCUT2D eigenvalue weighted by molar-refractivity contribution is 0.386. The number of nitrogens with one attached hydrogen (secondary N) is 2. The van der Waals surface area contributed by atoms with E-state index in [4.69, 9.17) is 9.47 Å². The number of H-pyrrole nitrogens is 1. The maximum Gasteiger partial charge on any atom is 0.191 e. The fraction of sp³-hybridized carbons (Fsp3) is 0.462. The van der Waals surface area contributed by atoms with Gasteiger partial charge in [0.2, 0.25) is 0 Å². The first-order chi connectivity index (χ1) is 9.65. The van der Waals surface area contributed by atoms with Gasteiger partial charge in [0.15, 0.2) is 5.82 Å². The zero-order valence-electron chi connectivity index (χ0n) is 12.0. The minimum atomic E-state index is -0.0281. The highest BCUT2D eigenvalue weighted by Crippen LogP contribution is 2.30. The molecule has 0 radical (unpaired) electrons. The van der Waals surface area contributed by atoms with Crippen molar-refractivity contribution in [2.24, 2.45) is 0 Å². The molecule has 0 bridgehead atoms. The van der Waals surface area contributed by atoms with Gasteiger partial charge in [-0.05, 0) is 32.0 Å². The van der Waals surface area contributed by atoms with E-state index in [1.54, 1.807) is 14.2 Å². The van der Waals surface area contributed by atoms with Gasteiger partial charge in [-0.2, -0.15) is 5.21 Å². The van der Waals surface area contributed by atoms with Crippen molar-refractivity contribution in [1.82, 2.24) is 25.9 Å². The summed E-state index contributed by atoms with van der Waals surface area (Å²) < 4.78 is 10.7. The molecule has 1 aromatic carbocycles. The lowest BCUT2D eigenvalue weighted by Crippen LogP contribution is -2.23. The molecule has 2 aromatic rings. The lowest BCUT2D eigenvalue weighted by Gasteiger charge is -2.20. The average molecular weight is 277 g/mol. The van der Waals surface area contributed by atoms with Gasteiger partial charge in [-0.3, -0.25) is 0 Å². The summed E-state index contributed by atoms with van der Waals surface area (Å²) in [7, 11) is 3.30. The van der Waals surface area contributed by atoms with Crippen molar-refractivity contribution in [2.75, 3.05) is 14.2 Å². The number of ether oxygens (including phenoxy) is 2. The van der Waals surface area contributed by atoms with E-state index in [2.05, 4.69) is 25.9 Å². The molecular weight excluding hydrogens is 258 g/mol. The number of aromatic nitrogens is 4. The molecule has 0 fully saturated rings. The fourth-order valence-corrected chi connectivity index (χ4v) is 2.07. The molecule has 0 spiro atoms. The Balaban J connectivity index is 2.17. The SMILES string of the molecule is COc1ccc(OC)c(C(C)NC(C)c2nn[nH]n2)c1.